The van der Waals surface area contributed by atoms with Crippen molar-refractivity contribution >= 4 is 5.91 Å². The summed E-state index contributed by atoms with van der Waals surface area (Å²) in [6, 6.07) is 5.22. The van der Waals surface area contributed by atoms with E-state index in [0.717, 1.165) is 25.7 Å². The maximum atomic E-state index is 12.3. The van der Waals surface area contributed by atoms with Gasteiger partial charge in [0.25, 0.3) is 5.91 Å². The van der Waals surface area contributed by atoms with Gasteiger partial charge in [0, 0.05) is 30.7 Å². The van der Waals surface area contributed by atoms with Crippen LogP contribution in [0.5, 0.6) is 0 Å². The summed E-state index contributed by atoms with van der Waals surface area (Å²) >= 11 is 0. The van der Waals surface area contributed by atoms with Crippen LogP contribution in [-0.2, 0) is 0 Å². The average molecular weight is 314 g/mol. The van der Waals surface area contributed by atoms with E-state index in [0.29, 0.717) is 23.8 Å². The number of nitrogens with one attached hydrogen (secondary N) is 1. The van der Waals surface area contributed by atoms with Gasteiger partial charge < -0.3 is 10.4 Å². The van der Waals surface area contributed by atoms with Crippen molar-refractivity contribution in [2.24, 2.45) is 5.92 Å². The average Bonchev–Trinajstić information content (AvgIpc) is 3.11. The number of carbonyl (C=O) groups excluding carboxylic acids is 1. The maximum Gasteiger partial charge on any atom is 0.251 e. The van der Waals surface area contributed by atoms with Crippen molar-refractivity contribution in [3.63, 3.8) is 0 Å². The second-order valence-electron chi connectivity index (χ2n) is 6.01. The van der Waals surface area contributed by atoms with Gasteiger partial charge >= 0.3 is 0 Å². The Morgan fingerprint density at radius 2 is 2.22 bits per heavy atom. The molecule has 0 aromatic carbocycles. The zero-order valence-corrected chi connectivity index (χ0v) is 13.1. The van der Waals surface area contributed by atoms with Gasteiger partial charge in [-0.25, -0.2) is 9.67 Å². The fourth-order valence-corrected chi connectivity index (χ4v) is 3.09. The molecule has 1 aliphatic rings. The number of aliphatic hydroxyl groups excluding tert-OH is 1. The highest BCUT2D eigenvalue weighted by molar-refractivity contribution is 5.94. The first-order chi connectivity index (χ1) is 11.2. The minimum absolute atomic E-state index is 0.119. The Morgan fingerprint density at radius 1 is 1.35 bits per heavy atom. The van der Waals surface area contributed by atoms with Gasteiger partial charge in [-0.1, -0.05) is 12.8 Å². The molecular weight excluding hydrogens is 292 g/mol. The van der Waals surface area contributed by atoms with E-state index in [4.69, 9.17) is 0 Å². The van der Waals surface area contributed by atoms with Gasteiger partial charge in [-0.3, -0.25) is 4.79 Å². The molecule has 0 radical (unpaired) electrons. The van der Waals surface area contributed by atoms with E-state index in [1.807, 2.05) is 6.07 Å². The molecule has 122 valence electrons. The molecule has 2 aromatic rings. The fourth-order valence-electron chi connectivity index (χ4n) is 3.09. The number of pyridine rings is 1. The second kappa shape index (κ2) is 7.37. The number of aliphatic hydroxyl groups is 1. The van der Waals surface area contributed by atoms with Crippen LogP contribution in [0.4, 0.5) is 0 Å². The molecule has 0 spiro atoms. The van der Waals surface area contributed by atoms with Crippen molar-refractivity contribution in [1.82, 2.24) is 20.1 Å². The minimum atomic E-state index is -0.215. The molecule has 0 aliphatic heterocycles. The molecular formula is C17H22N4O2. The molecule has 0 unspecified atom stereocenters. The lowest BCUT2D eigenvalue weighted by atomic mass is 9.84. The largest absolute Gasteiger partial charge is 0.393 e. The summed E-state index contributed by atoms with van der Waals surface area (Å²) in [5, 5.41) is 17.0. The van der Waals surface area contributed by atoms with Crippen molar-refractivity contribution in [1.29, 1.82) is 0 Å². The number of rotatable bonds is 5. The Kier molecular flexibility index (Phi) is 5.02. The lowest BCUT2D eigenvalue weighted by molar-refractivity contribution is 0.0643. The topological polar surface area (TPSA) is 80.0 Å². The van der Waals surface area contributed by atoms with Crippen LogP contribution in [0, 0.1) is 5.92 Å². The van der Waals surface area contributed by atoms with Gasteiger partial charge in [-0.2, -0.15) is 5.10 Å². The van der Waals surface area contributed by atoms with Gasteiger partial charge in [0.2, 0.25) is 0 Å². The number of nitrogens with zero attached hydrogens (tertiary/aromatic N) is 3. The highest BCUT2D eigenvalue weighted by atomic mass is 16.3. The molecule has 2 aromatic heterocycles. The van der Waals surface area contributed by atoms with Crippen LogP contribution in [0.15, 0.2) is 36.8 Å². The summed E-state index contributed by atoms with van der Waals surface area (Å²) in [4.78, 5) is 16.5. The normalized spacial score (nSPS) is 21.1. The van der Waals surface area contributed by atoms with Crippen molar-refractivity contribution < 1.29 is 9.90 Å². The monoisotopic (exact) mass is 314 g/mol. The molecule has 6 heteroatoms. The van der Waals surface area contributed by atoms with Gasteiger partial charge in [-0.05, 0) is 43.4 Å². The van der Waals surface area contributed by atoms with Crippen molar-refractivity contribution in [2.75, 3.05) is 6.54 Å². The Bertz CT molecular complexity index is 642. The van der Waals surface area contributed by atoms with Crippen molar-refractivity contribution in [3.05, 3.63) is 42.4 Å². The van der Waals surface area contributed by atoms with E-state index in [1.165, 1.54) is 6.42 Å². The standard InChI is InChI=1S/C17H22N4O2/c22-15-5-2-1-4-13(15)6-10-19-17(23)14-7-9-18-16(12-14)21-11-3-8-20-21/h3,7-9,11-13,15,22H,1-2,4-6,10H2,(H,19,23)/t13-,15-/m1/s1. The van der Waals surface area contributed by atoms with Crippen LogP contribution < -0.4 is 5.32 Å². The van der Waals surface area contributed by atoms with Crippen molar-refractivity contribution in [2.45, 2.75) is 38.2 Å². The fraction of sp³-hybridized carbons (Fsp3) is 0.471. The molecule has 2 heterocycles. The summed E-state index contributed by atoms with van der Waals surface area (Å²) in [6.45, 7) is 0.583. The molecule has 0 saturated heterocycles. The van der Waals surface area contributed by atoms with Crippen LogP contribution in [-0.4, -0.2) is 38.4 Å². The van der Waals surface area contributed by atoms with Crippen LogP contribution in [0.3, 0.4) is 0 Å². The quantitative estimate of drug-likeness (QED) is 0.884. The van der Waals surface area contributed by atoms with Crippen LogP contribution in [0.25, 0.3) is 5.82 Å². The van der Waals surface area contributed by atoms with Gasteiger partial charge in [0.15, 0.2) is 5.82 Å². The van der Waals surface area contributed by atoms with E-state index in [-0.39, 0.29) is 12.0 Å². The van der Waals surface area contributed by atoms with Gasteiger partial charge in [-0.15, -0.1) is 0 Å². The lowest BCUT2D eigenvalue weighted by Gasteiger charge is -2.27. The predicted molar refractivity (Wildman–Crippen MR) is 86.3 cm³/mol. The molecule has 2 atom stereocenters. The van der Waals surface area contributed by atoms with E-state index in [2.05, 4.69) is 15.4 Å². The summed E-state index contributed by atoms with van der Waals surface area (Å²) < 4.78 is 1.62. The molecule has 23 heavy (non-hydrogen) atoms. The Labute approximate surface area is 135 Å². The maximum absolute atomic E-state index is 12.3. The van der Waals surface area contributed by atoms with Crippen LogP contribution in [0.1, 0.15) is 42.5 Å². The summed E-state index contributed by atoms with van der Waals surface area (Å²) in [6.07, 6.45) is 9.89. The number of hydrogen-bond acceptors (Lipinski definition) is 4. The zero-order valence-electron chi connectivity index (χ0n) is 13.1. The first-order valence-corrected chi connectivity index (χ1v) is 8.16. The number of carbonyl (C=O) groups is 1. The number of hydrogen-bond donors (Lipinski definition) is 2. The number of amides is 1. The highest BCUT2D eigenvalue weighted by Gasteiger charge is 2.22. The first-order valence-electron chi connectivity index (χ1n) is 8.16. The van der Waals surface area contributed by atoms with E-state index < -0.39 is 0 Å². The van der Waals surface area contributed by atoms with E-state index >= 15 is 0 Å². The Morgan fingerprint density at radius 3 is 3.00 bits per heavy atom. The third-order valence-corrected chi connectivity index (χ3v) is 4.42. The van der Waals surface area contributed by atoms with E-state index in [9.17, 15) is 9.90 Å². The van der Waals surface area contributed by atoms with Crippen molar-refractivity contribution in [3.8, 4) is 5.82 Å². The summed E-state index contributed by atoms with van der Waals surface area (Å²) in [5.74, 6) is 0.803. The second-order valence-corrected chi connectivity index (χ2v) is 6.01. The third kappa shape index (κ3) is 3.96. The van der Waals surface area contributed by atoms with Gasteiger partial charge in [0.05, 0.1) is 6.10 Å². The molecule has 3 rings (SSSR count). The number of aromatic nitrogens is 3. The molecule has 2 N–H and O–H groups in total. The van der Waals surface area contributed by atoms with Crippen LogP contribution >= 0.6 is 0 Å². The molecule has 1 aliphatic carbocycles. The summed E-state index contributed by atoms with van der Waals surface area (Å²) in [7, 11) is 0. The summed E-state index contributed by atoms with van der Waals surface area (Å²) in [5.41, 5.74) is 0.565. The molecule has 1 saturated carbocycles. The Balaban J connectivity index is 1.55. The predicted octanol–water partition coefficient (Wildman–Crippen LogP) is 1.94. The first kappa shape index (κ1) is 15.7. The molecule has 1 fully saturated rings. The highest BCUT2D eigenvalue weighted by Crippen LogP contribution is 2.26. The van der Waals surface area contributed by atoms with Crippen LogP contribution in [0.2, 0.25) is 0 Å². The van der Waals surface area contributed by atoms with E-state index in [1.54, 1.807) is 35.4 Å². The minimum Gasteiger partial charge on any atom is -0.393 e. The molecule has 0 bridgehead atoms. The van der Waals surface area contributed by atoms with Gasteiger partial charge in [0.1, 0.15) is 0 Å². The molecule has 6 nitrogen and oxygen atoms in total. The lowest BCUT2D eigenvalue weighted by Crippen LogP contribution is -2.31. The molecule has 1 amide bonds. The smallest absolute Gasteiger partial charge is 0.251 e. The Hall–Kier alpha value is -2.21. The third-order valence-electron chi connectivity index (χ3n) is 4.42. The SMILES string of the molecule is O=C(NCC[C@H]1CCCC[C@H]1O)c1ccnc(-n2cccn2)c1. The zero-order chi connectivity index (χ0) is 16.1.